The van der Waals surface area contributed by atoms with Crippen molar-refractivity contribution >= 4 is 5.97 Å². The zero-order valence-corrected chi connectivity index (χ0v) is 14.9. The van der Waals surface area contributed by atoms with Crippen LogP contribution in [0.4, 0.5) is 0 Å². The molecule has 9 heteroatoms. The SMILES string of the molecule is CO[C@]1(CO)O[C@@H](n2cc(C)c(=O)[nH]c2=O)CC1OC(=O)c1ccccc1. The standard InChI is InChI=1S/C18H20N2O7/c1-11-9-20(17(24)19-15(11)22)14-8-13(18(10-21,25-2)27-14)26-16(23)12-6-4-3-5-7-12/h3-7,9,13-14,21H,8,10H2,1-2H3,(H,19,22,24)/t13?,14-,18-/m1/s1. The van der Waals surface area contributed by atoms with Gasteiger partial charge in [0.1, 0.15) is 12.8 Å². The third-order valence-electron chi connectivity index (χ3n) is 4.52. The molecule has 1 unspecified atom stereocenters. The number of aromatic nitrogens is 2. The number of H-pyrrole nitrogens is 1. The first kappa shape index (κ1) is 19.0. The molecule has 1 saturated heterocycles. The van der Waals surface area contributed by atoms with Gasteiger partial charge in [-0.3, -0.25) is 14.3 Å². The summed E-state index contributed by atoms with van der Waals surface area (Å²) in [6, 6.07) is 8.35. The van der Waals surface area contributed by atoms with Crippen LogP contribution in [0.2, 0.25) is 0 Å². The Kier molecular flexibility index (Phi) is 5.26. The smallest absolute Gasteiger partial charge is 0.338 e. The second kappa shape index (κ2) is 7.47. The fraction of sp³-hybridized carbons (Fsp3) is 0.389. The van der Waals surface area contributed by atoms with E-state index < -0.39 is 41.9 Å². The van der Waals surface area contributed by atoms with Gasteiger partial charge in [0.15, 0.2) is 6.10 Å². The van der Waals surface area contributed by atoms with Gasteiger partial charge in [0, 0.05) is 25.3 Å². The maximum Gasteiger partial charge on any atom is 0.338 e. The second-order valence-corrected chi connectivity index (χ2v) is 6.22. The van der Waals surface area contributed by atoms with Crippen LogP contribution in [0.1, 0.15) is 28.6 Å². The first-order valence-corrected chi connectivity index (χ1v) is 8.32. The highest BCUT2D eigenvalue weighted by molar-refractivity contribution is 5.89. The van der Waals surface area contributed by atoms with E-state index in [1.54, 1.807) is 37.3 Å². The van der Waals surface area contributed by atoms with Gasteiger partial charge >= 0.3 is 11.7 Å². The summed E-state index contributed by atoms with van der Waals surface area (Å²) < 4.78 is 17.7. The van der Waals surface area contributed by atoms with Crippen molar-refractivity contribution in [1.29, 1.82) is 0 Å². The van der Waals surface area contributed by atoms with Crippen molar-refractivity contribution in [2.24, 2.45) is 0 Å². The normalized spacial score (nSPS) is 24.7. The zero-order chi connectivity index (χ0) is 19.6. The molecule has 0 bridgehead atoms. The zero-order valence-electron chi connectivity index (χ0n) is 14.9. The van der Waals surface area contributed by atoms with Crippen LogP contribution in [-0.2, 0) is 14.2 Å². The largest absolute Gasteiger partial charge is 0.453 e. The van der Waals surface area contributed by atoms with Crippen molar-refractivity contribution in [2.75, 3.05) is 13.7 Å². The molecule has 0 radical (unpaired) electrons. The van der Waals surface area contributed by atoms with Crippen LogP contribution in [0.5, 0.6) is 0 Å². The van der Waals surface area contributed by atoms with Crippen molar-refractivity contribution in [3.63, 3.8) is 0 Å². The molecule has 0 spiro atoms. The lowest BCUT2D eigenvalue weighted by molar-refractivity contribution is -0.269. The van der Waals surface area contributed by atoms with E-state index in [0.29, 0.717) is 11.1 Å². The molecule has 2 heterocycles. The van der Waals surface area contributed by atoms with E-state index in [1.165, 1.54) is 17.9 Å². The topological polar surface area (TPSA) is 120 Å². The van der Waals surface area contributed by atoms with Gasteiger partial charge in [-0.25, -0.2) is 9.59 Å². The molecular weight excluding hydrogens is 356 g/mol. The number of carbonyl (C=O) groups is 1. The number of rotatable bonds is 5. The van der Waals surface area contributed by atoms with Gasteiger partial charge in [-0.2, -0.15) is 0 Å². The van der Waals surface area contributed by atoms with E-state index in [1.807, 2.05) is 0 Å². The predicted molar refractivity (Wildman–Crippen MR) is 93.3 cm³/mol. The number of methoxy groups -OCH3 is 1. The first-order valence-electron chi connectivity index (χ1n) is 8.32. The first-order chi connectivity index (χ1) is 12.9. The number of hydrogen-bond donors (Lipinski definition) is 2. The van der Waals surface area contributed by atoms with Gasteiger partial charge in [-0.05, 0) is 19.1 Å². The third kappa shape index (κ3) is 3.57. The van der Waals surface area contributed by atoms with E-state index in [-0.39, 0.29) is 6.42 Å². The van der Waals surface area contributed by atoms with Crippen LogP contribution >= 0.6 is 0 Å². The highest BCUT2D eigenvalue weighted by Crippen LogP contribution is 2.38. The minimum atomic E-state index is -1.63. The quantitative estimate of drug-likeness (QED) is 0.721. The molecule has 1 fully saturated rings. The number of nitrogens with one attached hydrogen (secondary N) is 1. The van der Waals surface area contributed by atoms with Crippen molar-refractivity contribution in [3.8, 4) is 0 Å². The molecule has 2 aromatic rings. The molecule has 0 amide bonds. The Hall–Kier alpha value is -2.75. The van der Waals surface area contributed by atoms with Crippen LogP contribution in [-0.4, -0.2) is 46.2 Å². The highest BCUT2D eigenvalue weighted by atomic mass is 16.7. The minimum Gasteiger partial charge on any atom is -0.453 e. The Labute approximate surface area is 154 Å². The lowest BCUT2D eigenvalue weighted by Crippen LogP contribution is -2.47. The van der Waals surface area contributed by atoms with Crippen molar-refractivity contribution < 1.29 is 24.1 Å². The number of aryl methyl sites for hydroxylation is 1. The van der Waals surface area contributed by atoms with Crippen LogP contribution in [0.25, 0.3) is 0 Å². The molecule has 27 heavy (non-hydrogen) atoms. The average molecular weight is 376 g/mol. The predicted octanol–water partition coefficient (Wildman–Crippen LogP) is 0.325. The number of aliphatic hydroxyl groups is 1. The van der Waals surface area contributed by atoms with Crippen molar-refractivity contribution in [1.82, 2.24) is 9.55 Å². The molecule has 9 nitrogen and oxygen atoms in total. The van der Waals surface area contributed by atoms with Crippen LogP contribution in [0, 0.1) is 6.92 Å². The molecule has 3 rings (SSSR count). The fourth-order valence-corrected chi connectivity index (χ4v) is 2.98. The number of aliphatic hydroxyl groups excluding tert-OH is 1. The summed E-state index contributed by atoms with van der Waals surface area (Å²) in [6.45, 7) is 0.954. The maximum absolute atomic E-state index is 12.4. The molecule has 1 aliphatic heterocycles. The number of ether oxygens (including phenoxy) is 3. The molecule has 1 aromatic carbocycles. The maximum atomic E-state index is 12.4. The summed E-state index contributed by atoms with van der Waals surface area (Å²) in [6.07, 6.45) is -0.457. The molecule has 0 saturated carbocycles. The van der Waals surface area contributed by atoms with Gasteiger partial charge in [-0.1, -0.05) is 18.2 Å². The molecular formula is C18H20N2O7. The Morgan fingerprint density at radius 2 is 2.07 bits per heavy atom. The molecule has 1 aromatic heterocycles. The van der Waals surface area contributed by atoms with Crippen molar-refractivity contribution in [2.45, 2.75) is 31.5 Å². The summed E-state index contributed by atoms with van der Waals surface area (Å²) in [4.78, 5) is 38.3. The summed E-state index contributed by atoms with van der Waals surface area (Å²) in [5.74, 6) is -2.23. The Morgan fingerprint density at radius 3 is 2.70 bits per heavy atom. The van der Waals surface area contributed by atoms with Gasteiger partial charge in [0.05, 0.1) is 5.56 Å². The molecule has 144 valence electrons. The van der Waals surface area contributed by atoms with E-state index in [9.17, 15) is 19.5 Å². The van der Waals surface area contributed by atoms with E-state index >= 15 is 0 Å². The van der Waals surface area contributed by atoms with Crippen molar-refractivity contribution in [3.05, 3.63) is 68.5 Å². The Morgan fingerprint density at radius 1 is 1.37 bits per heavy atom. The van der Waals surface area contributed by atoms with Crippen LogP contribution in [0.3, 0.4) is 0 Å². The number of esters is 1. The fourth-order valence-electron chi connectivity index (χ4n) is 2.98. The minimum absolute atomic E-state index is 0.0539. The number of nitrogens with zero attached hydrogens (tertiary/aromatic N) is 1. The summed E-state index contributed by atoms with van der Waals surface area (Å²) in [5.41, 5.74) is -0.522. The molecule has 2 N–H and O–H groups in total. The second-order valence-electron chi connectivity index (χ2n) is 6.22. The molecule has 3 atom stereocenters. The highest BCUT2D eigenvalue weighted by Gasteiger charge is 2.52. The van der Waals surface area contributed by atoms with Gasteiger partial charge in [0.25, 0.3) is 5.56 Å². The van der Waals surface area contributed by atoms with Gasteiger partial charge in [-0.15, -0.1) is 0 Å². The van der Waals surface area contributed by atoms with E-state index in [2.05, 4.69) is 4.98 Å². The lowest BCUT2D eigenvalue weighted by Gasteiger charge is -2.30. The average Bonchev–Trinajstić information content (AvgIpc) is 3.04. The molecule has 0 aliphatic carbocycles. The van der Waals surface area contributed by atoms with Gasteiger partial charge < -0.3 is 19.3 Å². The van der Waals surface area contributed by atoms with Crippen LogP contribution in [0.15, 0.2) is 46.1 Å². The Balaban J connectivity index is 1.90. The number of hydrogen-bond acceptors (Lipinski definition) is 7. The third-order valence-corrected chi connectivity index (χ3v) is 4.52. The van der Waals surface area contributed by atoms with Crippen LogP contribution < -0.4 is 11.2 Å². The summed E-state index contributed by atoms with van der Waals surface area (Å²) >= 11 is 0. The molecule has 1 aliphatic rings. The number of carbonyl (C=O) groups excluding carboxylic acids is 1. The monoisotopic (exact) mass is 376 g/mol. The number of benzene rings is 1. The summed E-state index contributed by atoms with van der Waals surface area (Å²) in [5, 5.41) is 9.82. The van der Waals surface area contributed by atoms with E-state index in [0.717, 1.165) is 0 Å². The van der Waals surface area contributed by atoms with E-state index in [4.69, 9.17) is 14.2 Å². The Bertz CT molecular complexity index is 931. The summed E-state index contributed by atoms with van der Waals surface area (Å²) in [7, 11) is 1.31. The lowest BCUT2D eigenvalue weighted by atomic mass is 10.1. The number of aromatic amines is 1. The van der Waals surface area contributed by atoms with Gasteiger partial charge in [0.2, 0.25) is 5.79 Å².